The van der Waals surface area contributed by atoms with Crippen molar-refractivity contribution in [3.8, 4) is 12.3 Å². The number of hydrogen-bond donors (Lipinski definition) is 0. The molecule has 0 radical (unpaired) electrons. The average molecular weight is 350 g/mol. The van der Waals surface area contributed by atoms with E-state index in [2.05, 4.69) is 42.0 Å². The number of likely N-dealkylation sites (tertiary alicyclic amines) is 1. The Labute approximate surface area is 152 Å². The SMILES string of the molecule is C#CCC1(OC(=O)CC)CCN(CCc2ccccc2)CC1C.Cl. The van der Waals surface area contributed by atoms with Crippen molar-refractivity contribution in [3.05, 3.63) is 35.9 Å². The molecule has 0 spiro atoms. The van der Waals surface area contributed by atoms with Crippen molar-refractivity contribution in [1.29, 1.82) is 0 Å². The first kappa shape index (κ1) is 20.5. The second kappa shape index (κ2) is 9.71. The Balaban J connectivity index is 0.00000288. The molecule has 1 fully saturated rings. The summed E-state index contributed by atoms with van der Waals surface area (Å²) in [6, 6.07) is 10.5. The van der Waals surface area contributed by atoms with Gasteiger partial charge in [0.2, 0.25) is 0 Å². The summed E-state index contributed by atoms with van der Waals surface area (Å²) < 4.78 is 5.78. The number of hydrogen-bond acceptors (Lipinski definition) is 3. The minimum atomic E-state index is -0.481. The van der Waals surface area contributed by atoms with Crippen LogP contribution >= 0.6 is 12.4 Å². The molecule has 3 nitrogen and oxygen atoms in total. The van der Waals surface area contributed by atoms with Crippen molar-refractivity contribution in [2.75, 3.05) is 19.6 Å². The summed E-state index contributed by atoms with van der Waals surface area (Å²) in [5.74, 6) is 2.82. The molecule has 1 aromatic carbocycles. The van der Waals surface area contributed by atoms with Gasteiger partial charge < -0.3 is 9.64 Å². The lowest BCUT2D eigenvalue weighted by atomic mass is 9.79. The number of nitrogens with zero attached hydrogens (tertiary/aromatic N) is 1. The third-order valence-corrected chi connectivity index (χ3v) is 4.85. The lowest BCUT2D eigenvalue weighted by molar-refractivity contribution is -0.171. The Kier molecular flexibility index (Phi) is 8.31. The summed E-state index contributed by atoms with van der Waals surface area (Å²) in [5, 5.41) is 0. The fourth-order valence-corrected chi connectivity index (χ4v) is 3.30. The van der Waals surface area contributed by atoms with Crippen LogP contribution in [-0.4, -0.2) is 36.1 Å². The zero-order valence-corrected chi connectivity index (χ0v) is 15.5. The largest absolute Gasteiger partial charge is 0.458 e. The normalized spacial score (nSPS) is 23.8. The van der Waals surface area contributed by atoms with Gasteiger partial charge in [-0.25, -0.2) is 0 Å². The Bertz CT molecular complexity index is 555. The van der Waals surface area contributed by atoms with Crippen LogP contribution in [0.15, 0.2) is 30.3 Å². The van der Waals surface area contributed by atoms with Gasteiger partial charge in [-0.05, 0) is 12.0 Å². The number of carbonyl (C=O) groups is 1. The van der Waals surface area contributed by atoms with E-state index in [1.165, 1.54) is 5.56 Å². The molecular formula is C20H28ClNO2. The van der Waals surface area contributed by atoms with Gasteiger partial charge in [-0.3, -0.25) is 4.79 Å². The molecule has 0 amide bonds. The predicted octanol–water partition coefficient (Wildman–Crippen LogP) is 3.71. The molecular weight excluding hydrogens is 322 g/mol. The third kappa shape index (κ3) is 5.26. The quantitative estimate of drug-likeness (QED) is 0.579. The van der Waals surface area contributed by atoms with Crippen LogP contribution in [0, 0.1) is 18.3 Å². The molecule has 24 heavy (non-hydrogen) atoms. The number of rotatable bonds is 6. The van der Waals surface area contributed by atoms with Gasteiger partial charge in [-0.2, -0.15) is 0 Å². The van der Waals surface area contributed by atoms with Crippen LogP contribution in [0.1, 0.15) is 38.7 Å². The number of esters is 1. The number of halogens is 1. The molecule has 4 heteroatoms. The number of piperidine rings is 1. The van der Waals surface area contributed by atoms with E-state index in [-0.39, 0.29) is 24.3 Å². The highest BCUT2D eigenvalue weighted by Crippen LogP contribution is 2.35. The molecule has 0 aromatic heterocycles. The minimum absolute atomic E-state index is 0. The Morgan fingerprint density at radius 1 is 1.42 bits per heavy atom. The van der Waals surface area contributed by atoms with Gasteiger partial charge in [0.15, 0.2) is 0 Å². The molecule has 2 atom stereocenters. The molecule has 0 aliphatic carbocycles. The molecule has 132 valence electrons. The first-order valence-corrected chi connectivity index (χ1v) is 8.51. The number of terminal acetylenes is 1. The van der Waals surface area contributed by atoms with Gasteiger partial charge in [0.05, 0.1) is 0 Å². The van der Waals surface area contributed by atoms with E-state index in [0.717, 1.165) is 32.5 Å². The van der Waals surface area contributed by atoms with Crippen LogP contribution in [0.25, 0.3) is 0 Å². The third-order valence-electron chi connectivity index (χ3n) is 4.85. The zero-order chi connectivity index (χ0) is 16.7. The van der Waals surface area contributed by atoms with Crippen LogP contribution < -0.4 is 0 Å². The van der Waals surface area contributed by atoms with E-state index >= 15 is 0 Å². The summed E-state index contributed by atoms with van der Waals surface area (Å²) in [6.45, 7) is 6.85. The molecule has 2 rings (SSSR count). The summed E-state index contributed by atoms with van der Waals surface area (Å²) in [4.78, 5) is 14.2. The van der Waals surface area contributed by atoms with Crippen LogP contribution in [0.4, 0.5) is 0 Å². The highest BCUT2D eigenvalue weighted by atomic mass is 35.5. The Morgan fingerprint density at radius 2 is 2.12 bits per heavy atom. The van der Waals surface area contributed by atoms with Crippen molar-refractivity contribution in [1.82, 2.24) is 4.90 Å². The minimum Gasteiger partial charge on any atom is -0.458 e. The van der Waals surface area contributed by atoms with Gasteiger partial charge >= 0.3 is 5.97 Å². The first-order chi connectivity index (χ1) is 11.1. The number of benzene rings is 1. The maximum atomic E-state index is 11.8. The standard InChI is InChI=1S/C20H27NO2.ClH/c1-4-12-20(23-19(22)5-2)13-15-21(16-17(20)3)14-11-18-9-7-6-8-10-18;/h1,6-10,17H,5,11-16H2,2-3H3;1H. The molecule has 0 N–H and O–H groups in total. The van der Waals surface area contributed by atoms with E-state index in [1.807, 2.05) is 13.0 Å². The van der Waals surface area contributed by atoms with Crippen LogP contribution in [0.5, 0.6) is 0 Å². The molecule has 2 unspecified atom stereocenters. The van der Waals surface area contributed by atoms with Crippen molar-refractivity contribution in [3.63, 3.8) is 0 Å². The lowest BCUT2D eigenvalue weighted by Gasteiger charge is -2.45. The van der Waals surface area contributed by atoms with E-state index in [1.54, 1.807) is 0 Å². The van der Waals surface area contributed by atoms with E-state index in [0.29, 0.717) is 12.8 Å². The van der Waals surface area contributed by atoms with Gasteiger partial charge in [0.1, 0.15) is 5.60 Å². The van der Waals surface area contributed by atoms with E-state index < -0.39 is 5.60 Å². The topological polar surface area (TPSA) is 29.5 Å². The molecule has 1 aromatic rings. The zero-order valence-electron chi connectivity index (χ0n) is 14.7. The molecule has 0 bridgehead atoms. The molecule has 1 aliphatic heterocycles. The monoisotopic (exact) mass is 349 g/mol. The van der Waals surface area contributed by atoms with Gasteiger partial charge in [-0.1, -0.05) is 44.2 Å². The maximum Gasteiger partial charge on any atom is 0.306 e. The maximum absolute atomic E-state index is 11.8. The number of ether oxygens (including phenoxy) is 1. The predicted molar refractivity (Wildman–Crippen MR) is 100 cm³/mol. The lowest BCUT2D eigenvalue weighted by Crippen LogP contribution is -2.53. The summed E-state index contributed by atoms with van der Waals surface area (Å²) in [6.07, 6.45) is 8.31. The van der Waals surface area contributed by atoms with Crippen LogP contribution in [-0.2, 0) is 16.0 Å². The second-order valence-corrected chi connectivity index (χ2v) is 6.46. The fourth-order valence-electron chi connectivity index (χ4n) is 3.30. The smallest absolute Gasteiger partial charge is 0.306 e. The van der Waals surface area contributed by atoms with E-state index in [4.69, 9.17) is 11.2 Å². The van der Waals surface area contributed by atoms with Crippen molar-refractivity contribution < 1.29 is 9.53 Å². The second-order valence-electron chi connectivity index (χ2n) is 6.46. The number of carbonyl (C=O) groups excluding carboxylic acids is 1. The van der Waals surface area contributed by atoms with E-state index in [9.17, 15) is 4.79 Å². The fraction of sp³-hybridized carbons (Fsp3) is 0.550. The van der Waals surface area contributed by atoms with Crippen LogP contribution in [0.2, 0.25) is 0 Å². The first-order valence-electron chi connectivity index (χ1n) is 8.51. The molecule has 0 saturated carbocycles. The van der Waals surface area contributed by atoms with Crippen molar-refractivity contribution >= 4 is 18.4 Å². The summed E-state index contributed by atoms with van der Waals surface area (Å²) >= 11 is 0. The van der Waals surface area contributed by atoms with Gasteiger partial charge in [0.25, 0.3) is 0 Å². The highest BCUT2D eigenvalue weighted by molar-refractivity contribution is 5.85. The Hall–Kier alpha value is -1.50. The Morgan fingerprint density at radius 3 is 2.71 bits per heavy atom. The average Bonchev–Trinajstić information content (AvgIpc) is 2.57. The molecule has 1 aliphatic rings. The van der Waals surface area contributed by atoms with Crippen molar-refractivity contribution in [2.24, 2.45) is 5.92 Å². The van der Waals surface area contributed by atoms with Gasteiger partial charge in [-0.15, -0.1) is 24.8 Å². The van der Waals surface area contributed by atoms with Gasteiger partial charge in [0, 0.05) is 44.8 Å². The summed E-state index contributed by atoms with van der Waals surface area (Å²) in [7, 11) is 0. The summed E-state index contributed by atoms with van der Waals surface area (Å²) in [5.41, 5.74) is 0.878. The molecule has 1 heterocycles. The van der Waals surface area contributed by atoms with Crippen molar-refractivity contribution in [2.45, 2.75) is 45.1 Å². The van der Waals surface area contributed by atoms with Crippen LogP contribution in [0.3, 0.4) is 0 Å². The highest BCUT2D eigenvalue weighted by Gasteiger charge is 2.43. The molecule has 1 saturated heterocycles.